The summed E-state index contributed by atoms with van der Waals surface area (Å²) in [7, 11) is 4.50. The largest absolute Gasteiger partial charge is 1.00 e. The van der Waals surface area contributed by atoms with E-state index in [0.717, 1.165) is 48.3 Å². The molecule has 310 valence electrons. The molecule has 4 saturated heterocycles. The Morgan fingerprint density at radius 3 is 1.14 bits per heavy atom. The van der Waals surface area contributed by atoms with E-state index < -0.39 is 11.8 Å². The molecule has 7 rings (SSSR count). The number of halogens is 2. The van der Waals surface area contributed by atoms with Gasteiger partial charge in [-0.05, 0) is 49.2 Å². The molecule has 3 aromatic carbocycles. The lowest BCUT2D eigenvalue weighted by Gasteiger charge is -2.33. The van der Waals surface area contributed by atoms with Crippen LogP contribution >= 0.6 is 0 Å². The van der Waals surface area contributed by atoms with Gasteiger partial charge in [0.15, 0.2) is 0 Å². The van der Waals surface area contributed by atoms with Gasteiger partial charge in [-0.15, -0.1) is 0 Å². The quantitative estimate of drug-likeness (QED) is 0.148. The van der Waals surface area contributed by atoms with Gasteiger partial charge in [-0.2, -0.15) is 0 Å². The molecule has 4 aliphatic heterocycles. The monoisotopic (exact) mass is 904 g/mol. The fourth-order valence-electron chi connectivity index (χ4n) is 8.71. The van der Waals surface area contributed by atoms with Crippen LogP contribution in [0.2, 0.25) is 0 Å². The second kappa shape index (κ2) is 24.0. The number of rotatable bonds is 12. The van der Waals surface area contributed by atoms with E-state index in [4.69, 9.17) is 18.9 Å². The van der Waals surface area contributed by atoms with Crippen LogP contribution in [0, 0.1) is 0 Å². The van der Waals surface area contributed by atoms with Crippen molar-refractivity contribution in [2.45, 2.75) is 113 Å². The molecule has 0 amide bonds. The van der Waals surface area contributed by atoms with Gasteiger partial charge in [-0.1, -0.05) is 60.7 Å². The number of aliphatic hydroxyl groups is 2. The molecule has 4 heterocycles. The normalized spacial score (nSPS) is 26.5. The van der Waals surface area contributed by atoms with Gasteiger partial charge in [-0.3, -0.25) is 9.59 Å². The van der Waals surface area contributed by atoms with Crippen molar-refractivity contribution in [2.75, 3.05) is 40.5 Å². The third kappa shape index (κ3) is 13.0. The van der Waals surface area contributed by atoms with Crippen molar-refractivity contribution in [1.29, 1.82) is 0 Å². The standard InChI is InChI=1S/2C17H23NO3.C10H14O2.2BrH/c2*1-18-13-7-8-14(18)10-15(9-13)21-17(20)16(11-19)12-5-3-2-4-6-12;1-3-11-9-5-7-10(8-6-9)12-4-2;;/h2*2-6,13-16,19H,7-11H2,1H3;5-8H,3-4H2,1-2H3;2*1H. The van der Waals surface area contributed by atoms with Crippen molar-refractivity contribution in [3.63, 3.8) is 0 Å². The zero-order valence-corrected chi connectivity index (χ0v) is 36.5. The molecule has 6 atom stereocenters. The van der Waals surface area contributed by atoms with E-state index in [1.807, 2.05) is 98.8 Å². The van der Waals surface area contributed by atoms with Gasteiger partial charge < -0.3 is 72.9 Å². The van der Waals surface area contributed by atoms with Crippen LogP contribution in [0.15, 0.2) is 84.9 Å². The van der Waals surface area contributed by atoms with Crippen molar-refractivity contribution in [1.82, 2.24) is 0 Å². The van der Waals surface area contributed by atoms with Crippen molar-refractivity contribution in [2.24, 2.45) is 0 Å². The molecule has 12 heteroatoms. The minimum atomic E-state index is -0.559. The van der Waals surface area contributed by atoms with E-state index >= 15 is 0 Å². The molecule has 6 unspecified atom stereocenters. The van der Waals surface area contributed by atoms with Gasteiger partial charge in [0.1, 0.15) is 35.5 Å². The first kappa shape index (κ1) is 47.4. The number of benzene rings is 3. The molecule has 10 nitrogen and oxygen atoms in total. The van der Waals surface area contributed by atoms with Crippen LogP contribution in [-0.4, -0.2) is 99.0 Å². The lowest BCUT2D eigenvalue weighted by molar-refractivity contribution is -0.923. The third-order valence-corrected chi connectivity index (χ3v) is 11.8. The highest BCUT2D eigenvalue weighted by Crippen LogP contribution is 2.28. The number of quaternary nitrogens is 2. The smallest absolute Gasteiger partial charge is 0.316 e. The predicted octanol–water partition coefficient (Wildman–Crippen LogP) is -2.48. The molecular formula is C44H62Br2N2O8. The Bertz CT molecular complexity index is 1430. The zero-order valence-electron chi connectivity index (χ0n) is 33.3. The Kier molecular flexibility index (Phi) is 20.3. The Labute approximate surface area is 354 Å². The first-order valence-electron chi connectivity index (χ1n) is 20.0. The summed E-state index contributed by atoms with van der Waals surface area (Å²) in [4.78, 5) is 27.9. The molecule has 0 radical (unpaired) electrons. The molecule has 4 N–H and O–H groups in total. The van der Waals surface area contributed by atoms with Gasteiger partial charge in [0.25, 0.3) is 0 Å². The third-order valence-electron chi connectivity index (χ3n) is 11.8. The minimum Gasteiger partial charge on any atom is -1.00 e. The van der Waals surface area contributed by atoms with Crippen LogP contribution in [-0.2, 0) is 19.1 Å². The van der Waals surface area contributed by atoms with Crippen LogP contribution in [0.3, 0.4) is 0 Å². The minimum absolute atomic E-state index is 0. The lowest BCUT2D eigenvalue weighted by Crippen LogP contribution is -3.15. The highest BCUT2D eigenvalue weighted by molar-refractivity contribution is 5.79. The molecule has 4 aliphatic rings. The lowest BCUT2D eigenvalue weighted by atomic mass is 9.98. The topological polar surface area (TPSA) is 120 Å². The Morgan fingerprint density at radius 1 is 0.571 bits per heavy atom. The van der Waals surface area contributed by atoms with E-state index in [-0.39, 0.29) is 71.3 Å². The van der Waals surface area contributed by atoms with Crippen molar-refractivity contribution < 1.29 is 82.5 Å². The number of ether oxygens (including phenoxy) is 4. The summed E-state index contributed by atoms with van der Waals surface area (Å²) in [6.45, 7) is 4.94. The molecule has 0 aliphatic carbocycles. The maximum absolute atomic E-state index is 12.4. The van der Waals surface area contributed by atoms with Crippen LogP contribution in [0.5, 0.6) is 11.5 Å². The molecule has 56 heavy (non-hydrogen) atoms. The maximum atomic E-state index is 12.4. The van der Waals surface area contributed by atoms with E-state index in [9.17, 15) is 19.8 Å². The molecular weight excluding hydrogens is 844 g/mol. The van der Waals surface area contributed by atoms with Gasteiger partial charge in [-0.25, -0.2) is 0 Å². The number of esters is 2. The number of hydrogen-bond acceptors (Lipinski definition) is 8. The number of piperidine rings is 2. The molecule has 0 spiro atoms. The fourth-order valence-corrected chi connectivity index (χ4v) is 8.71. The number of nitrogens with one attached hydrogen (secondary N) is 2. The van der Waals surface area contributed by atoms with E-state index in [2.05, 4.69) is 14.1 Å². The zero-order chi connectivity index (χ0) is 38.5. The fraction of sp³-hybridized carbons (Fsp3) is 0.545. The Morgan fingerprint density at radius 2 is 0.875 bits per heavy atom. The summed E-state index contributed by atoms with van der Waals surface area (Å²) >= 11 is 0. The van der Waals surface area contributed by atoms with E-state index in [0.29, 0.717) is 37.4 Å². The summed E-state index contributed by atoms with van der Waals surface area (Å²) in [5, 5.41) is 19.1. The van der Waals surface area contributed by atoms with E-state index in [1.165, 1.54) is 25.7 Å². The van der Waals surface area contributed by atoms with Gasteiger partial charge in [0, 0.05) is 51.4 Å². The van der Waals surface area contributed by atoms with Crippen LogP contribution in [0.25, 0.3) is 0 Å². The average molecular weight is 907 g/mol. The van der Waals surface area contributed by atoms with E-state index in [1.54, 1.807) is 9.80 Å². The number of fused-ring (bicyclic) bond motifs is 4. The Hall–Kier alpha value is -3.00. The maximum Gasteiger partial charge on any atom is 0.316 e. The molecule has 0 aromatic heterocycles. The SMILES string of the molecule is CCOc1ccc(OCC)cc1.C[NH+]1C2CCC1CC(OC(=O)C(CO)c1ccccc1)C2.C[NH+]1C2CCC1CC(OC(=O)C(CO)c1ccccc1)C2.[Br-].[Br-]. The first-order chi connectivity index (χ1) is 26.2. The second-order valence-corrected chi connectivity index (χ2v) is 15.1. The molecule has 3 aromatic rings. The summed E-state index contributed by atoms with van der Waals surface area (Å²) in [6.07, 6.45) is 8.86. The van der Waals surface area contributed by atoms with Gasteiger partial charge in [0.05, 0.1) is 64.7 Å². The predicted molar refractivity (Wildman–Crippen MR) is 207 cm³/mol. The van der Waals surface area contributed by atoms with Crippen molar-refractivity contribution >= 4 is 11.9 Å². The highest BCUT2D eigenvalue weighted by atomic mass is 79.9. The number of aliphatic hydroxyl groups excluding tert-OH is 2. The highest BCUT2D eigenvalue weighted by Gasteiger charge is 2.45. The molecule has 4 fully saturated rings. The summed E-state index contributed by atoms with van der Waals surface area (Å²) in [5.41, 5.74) is 1.65. The summed E-state index contributed by atoms with van der Waals surface area (Å²) in [5.74, 6) is 0.0916. The summed E-state index contributed by atoms with van der Waals surface area (Å²) < 4.78 is 22.0. The number of carbonyl (C=O) groups excluding carboxylic acids is 2. The Balaban J connectivity index is 0.000000230. The van der Waals surface area contributed by atoms with Crippen molar-refractivity contribution in [3.8, 4) is 11.5 Å². The van der Waals surface area contributed by atoms with Crippen LogP contribution in [0.1, 0.15) is 88.2 Å². The average Bonchev–Trinajstić information content (AvgIpc) is 3.49. The van der Waals surface area contributed by atoms with Crippen LogP contribution < -0.4 is 53.2 Å². The number of hydrogen-bond donors (Lipinski definition) is 4. The van der Waals surface area contributed by atoms with Gasteiger partial charge >= 0.3 is 11.9 Å². The second-order valence-electron chi connectivity index (χ2n) is 15.1. The van der Waals surface area contributed by atoms with Crippen molar-refractivity contribution in [3.05, 3.63) is 96.1 Å². The summed E-state index contributed by atoms with van der Waals surface area (Å²) in [6, 6.07) is 29.0. The number of carbonyl (C=O) groups is 2. The first-order valence-corrected chi connectivity index (χ1v) is 20.0. The van der Waals surface area contributed by atoms with Gasteiger partial charge in [0.2, 0.25) is 0 Å². The molecule has 4 bridgehead atoms. The van der Waals surface area contributed by atoms with Crippen LogP contribution in [0.4, 0.5) is 0 Å². The molecule has 0 saturated carbocycles.